The minimum Gasteiger partial charge on any atom is -0.375 e. The van der Waals surface area contributed by atoms with Crippen molar-refractivity contribution < 1.29 is 14.3 Å². The topological polar surface area (TPSA) is 49.9 Å². The Labute approximate surface area is 147 Å². The van der Waals surface area contributed by atoms with Crippen LogP contribution in [0.1, 0.15) is 30.1 Å². The van der Waals surface area contributed by atoms with E-state index in [4.69, 9.17) is 16.3 Å². The van der Waals surface area contributed by atoms with Gasteiger partial charge in [-0.3, -0.25) is 9.59 Å². The Balaban J connectivity index is 1.54. The van der Waals surface area contributed by atoms with Gasteiger partial charge >= 0.3 is 0 Å². The predicted molar refractivity (Wildman–Crippen MR) is 92.1 cm³/mol. The number of benzene rings is 1. The van der Waals surface area contributed by atoms with E-state index in [1.54, 1.807) is 24.3 Å². The van der Waals surface area contributed by atoms with Crippen molar-refractivity contribution in [3.8, 4) is 0 Å². The van der Waals surface area contributed by atoms with Crippen molar-refractivity contribution in [2.45, 2.75) is 25.9 Å². The van der Waals surface area contributed by atoms with Crippen LogP contribution < -0.4 is 0 Å². The fourth-order valence-electron chi connectivity index (χ4n) is 3.38. The first kappa shape index (κ1) is 17.2. The summed E-state index contributed by atoms with van der Waals surface area (Å²) in [5.41, 5.74) is 0.645. The molecule has 130 valence electrons. The maximum absolute atomic E-state index is 12.6. The number of morpholine rings is 1. The van der Waals surface area contributed by atoms with E-state index >= 15 is 0 Å². The van der Waals surface area contributed by atoms with Crippen molar-refractivity contribution in [3.05, 3.63) is 34.9 Å². The van der Waals surface area contributed by atoms with E-state index in [0.717, 1.165) is 12.8 Å². The summed E-state index contributed by atoms with van der Waals surface area (Å²) < 4.78 is 5.50. The first-order valence-corrected chi connectivity index (χ1v) is 8.87. The molecular formula is C18H23ClN2O3. The number of amides is 2. The third-order valence-electron chi connectivity index (χ3n) is 4.78. The van der Waals surface area contributed by atoms with Gasteiger partial charge in [0.25, 0.3) is 5.91 Å². The molecular weight excluding hydrogens is 328 g/mol. The highest BCUT2D eigenvalue weighted by Gasteiger charge is 2.32. The molecule has 24 heavy (non-hydrogen) atoms. The Hall–Kier alpha value is -1.59. The van der Waals surface area contributed by atoms with Crippen LogP contribution in [0.4, 0.5) is 0 Å². The Morgan fingerprint density at radius 3 is 2.38 bits per heavy atom. The van der Waals surface area contributed by atoms with Crippen LogP contribution in [0.25, 0.3) is 0 Å². The van der Waals surface area contributed by atoms with Crippen molar-refractivity contribution in [1.29, 1.82) is 0 Å². The molecule has 0 N–H and O–H groups in total. The SMILES string of the molecule is C[C@@H]1CN(C(=O)C2CCN(C(=O)c3ccc(Cl)cc3)CC2)CCO1. The van der Waals surface area contributed by atoms with Gasteiger partial charge < -0.3 is 14.5 Å². The second-order valence-electron chi connectivity index (χ2n) is 6.54. The van der Waals surface area contributed by atoms with Crippen molar-refractivity contribution in [2.75, 3.05) is 32.8 Å². The molecule has 2 aliphatic heterocycles. The maximum atomic E-state index is 12.6. The number of likely N-dealkylation sites (tertiary alicyclic amines) is 1. The number of piperidine rings is 1. The molecule has 2 saturated heterocycles. The number of carbonyl (C=O) groups excluding carboxylic acids is 2. The molecule has 0 saturated carbocycles. The van der Waals surface area contributed by atoms with Gasteiger partial charge in [-0.15, -0.1) is 0 Å². The first-order valence-electron chi connectivity index (χ1n) is 8.50. The fraction of sp³-hybridized carbons (Fsp3) is 0.556. The lowest BCUT2D eigenvalue weighted by Gasteiger charge is -2.37. The third kappa shape index (κ3) is 3.90. The van der Waals surface area contributed by atoms with Gasteiger partial charge in [-0.05, 0) is 44.0 Å². The van der Waals surface area contributed by atoms with Crippen LogP contribution in [-0.2, 0) is 9.53 Å². The number of hydrogen-bond donors (Lipinski definition) is 0. The quantitative estimate of drug-likeness (QED) is 0.823. The third-order valence-corrected chi connectivity index (χ3v) is 5.03. The van der Waals surface area contributed by atoms with Crippen LogP contribution in [0.2, 0.25) is 5.02 Å². The lowest BCUT2D eigenvalue weighted by molar-refractivity contribution is -0.143. The standard InChI is InChI=1S/C18H23ClN2O3/c1-13-12-21(10-11-24-13)18(23)15-6-8-20(9-7-15)17(22)14-2-4-16(19)5-3-14/h2-5,13,15H,6-12H2,1H3/t13-/m1/s1. The zero-order valence-corrected chi connectivity index (χ0v) is 14.7. The second kappa shape index (κ2) is 7.53. The molecule has 0 spiro atoms. The predicted octanol–water partition coefficient (Wildman–Crippen LogP) is 2.44. The van der Waals surface area contributed by atoms with Crippen LogP contribution >= 0.6 is 11.6 Å². The van der Waals surface area contributed by atoms with Gasteiger partial charge in [-0.2, -0.15) is 0 Å². The molecule has 1 aromatic carbocycles. The summed E-state index contributed by atoms with van der Waals surface area (Å²) in [4.78, 5) is 28.9. The van der Waals surface area contributed by atoms with Gasteiger partial charge in [0, 0.05) is 42.7 Å². The summed E-state index contributed by atoms with van der Waals surface area (Å²) in [5, 5.41) is 0.621. The molecule has 2 heterocycles. The van der Waals surface area contributed by atoms with Crippen LogP contribution in [0.3, 0.4) is 0 Å². The average Bonchev–Trinajstić information content (AvgIpc) is 2.61. The van der Waals surface area contributed by atoms with Crippen molar-refractivity contribution in [2.24, 2.45) is 5.92 Å². The van der Waals surface area contributed by atoms with Crippen LogP contribution in [0.15, 0.2) is 24.3 Å². The van der Waals surface area contributed by atoms with Gasteiger partial charge in [0.2, 0.25) is 5.91 Å². The molecule has 0 radical (unpaired) electrons. The van der Waals surface area contributed by atoms with Crippen LogP contribution in [-0.4, -0.2) is 60.5 Å². The summed E-state index contributed by atoms with van der Waals surface area (Å²) in [6.07, 6.45) is 1.56. The van der Waals surface area contributed by atoms with Gasteiger partial charge in [-0.1, -0.05) is 11.6 Å². The Kier molecular flexibility index (Phi) is 5.41. The van der Waals surface area contributed by atoms with E-state index in [0.29, 0.717) is 43.4 Å². The average molecular weight is 351 g/mol. The zero-order valence-electron chi connectivity index (χ0n) is 13.9. The van der Waals surface area contributed by atoms with E-state index in [-0.39, 0.29) is 23.8 Å². The highest BCUT2D eigenvalue weighted by molar-refractivity contribution is 6.30. The van der Waals surface area contributed by atoms with Crippen LogP contribution in [0.5, 0.6) is 0 Å². The molecule has 0 aliphatic carbocycles. The van der Waals surface area contributed by atoms with E-state index in [9.17, 15) is 9.59 Å². The minimum absolute atomic E-state index is 0.0116. The number of rotatable bonds is 2. The largest absolute Gasteiger partial charge is 0.375 e. The van der Waals surface area contributed by atoms with Crippen molar-refractivity contribution in [3.63, 3.8) is 0 Å². The molecule has 0 unspecified atom stereocenters. The molecule has 0 aromatic heterocycles. The van der Waals surface area contributed by atoms with E-state index in [1.807, 2.05) is 16.7 Å². The van der Waals surface area contributed by atoms with Gasteiger partial charge in [0.15, 0.2) is 0 Å². The molecule has 3 rings (SSSR count). The fourth-order valence-corrected chi connectivity index (χ4v) is 3.51. The van der Waals surface area contributed by atoms with Crippen molar-refractivity contribution >= 4 is 23.4 Å². The van der Waals surface area contributed by atoms with Crippen molar-refractivity contribution in [1.82, 2.24) is 9.80 Å². The Bertz CT molecular complexity index is 597. The Morgan fingerprint density at radius 1 is 1.08 bits per heavy atom. The normalized spacial score (nSPS) is 22.5. The lowest BCUT2D eigenvalue weighted by atomic mass is 9.94. The number of hydrogen-bond acceptors (Lipinski definition) is 3. The number of halogens is 1. The van der Waals surface area contributed by atoms with Gasteiger partial charge in [0.05, 0.1) is 12.7 Å². The summed E-state index contributed by atoms with van der Waals surface area (Å²) in [6.45, 7) is 5.19. The maximum Gasteiger partial charge on any atom is 0.253 e. The molecule has 0 bridgehead atoms. The molecule has 1 atom stereocenters. The number of carbonyl (C=O) groups is 2. The summed E-state index contributed by atoms with van der Waals surface area (Å²) in [6, 6.07) is 6.95. The smallest absolute Gasteiger partial charge is 0.253 e. The zero-order chi connectivity index (χ0) is 17.1. The molecule has 2 aliphatic rings. The van der Waals surface area contributed by atoms with Gasteiger partial charge in [-0.25, -0.2) is 0 Å². The molecule has 2 fully saturated rings. The van der Waals surface area contributed by atoms with Crippen LogP contribution in [0, 0.1) is 5.92 Å². The first-order chi connectivity index (χ1) is 11.5. The molecule has 5 nitrogen and oxygen atoms in total. The summed E-state index contributed by atoms with van der Waals surface area (Å²) in [5.74, 6) is 0.242. The van der Waals surface area contributed by atoms with E-state index in [2.05, 4.69) is 0 Å². The van der Waals surface area contributed by atoms with Gasteiger partial charge in [0.1, 0.15) is 0 Å². The number of nitrogens with zero attached hydrogens (tertiary/aromatic N) is 2. The molecule has 1 aromatic rings. The minimum atomic E-state index is 0.0116. The Morgan fingerprint density at radius 2 is 1.75 bits per heavy atom. The molecule has 6 heteroatoms. The highest BCUT2D eigenvalue weighted by Crippen LogP contribution is 2.22. The van der Waals surface area contributed by atoms with E-state index < -0.39 is 0 Å². The molecule has 2 amide bonds. The number of ether oxygens (including phenoxy) is 1. The highest BCUT2D eigenvalue weighted by atomic mass is 35.5. The second-order valence-corrected chi connectivity index (χ2v) is 6.98. The summed E-state index contributed by atoms with van der Waals surface area (Å²) in [7, 11) is 0. The lowest BCUT2D eigenvalue weighted by Crippen LogP contribution is -2.49. The summed E-state index contributed by atoms with van der Waals surface area (Å²) >= 11 is 5.86. The van der Waals surface area contributed by atoms with E-state index in [1.165, 1.54) is 0 Å². The monoisotopic (exact) mass is 350 g/mol.